The van der Waals surface area contributed by atoms with Gasteiger partial charge in [0.1, 0.15) is 16.7 Å². The maximum Gasteiger partial charge on any atom is 1.00 e. The van der Waals surface area contributed by atoms with E-state index >= 15 is 0 Å². The summed E-state index contributed by atoms with van der Waals surface area (Å²) in [6.07, 6.45) is 0.980. The molecule has 2 saturated heterocycles. The zero-order valence-corrected chi connectivity index (χ0v) is 14.8. The molecular weight excluding hydrogens is 327 g/mol. The van der Waals surface area contributed by atoms with Gasteiger partial charge >= 0.3 is 35.7 Å². The van der Waals surface area contributed by atoms with Crippen LogP contribution in [0.4, 0.5) is 4.79 Å². The van der Waals surface area contributed by atoms with Gasteiger partial charge in [0.25, 0.3) is 0 Å². The zero-order chi connectivity index (χ0) is 16.0. The Balaban J connectivity index is 0.00000242. The number of carbonyl (C=O) groups is 3. The van der Waals surface area contributed by atoms with Crippen LogP contribution < -0.4 is 40.4 Å². The minimum absolute atomic E-state index is 0. The van der Waals surface area contributed by atoms with Crippen molar-refractivity contribution in [1.82, 2.24) is 4.90 Å². The number of carboxylic acids is 1. The summed E-state index contributed by atoms with van der Waals surface area (Å²) < 4.78 is 27.4. The Hall–Kier alpha value is -1.10. The van der Waals surface area contributed by atoms with Crippen LogP contribution in [0.1, 0.15) is 13.3 Å². The standard InChI is InChI=1S/C11H14N2O7S.Na/c1-11(3-2-4-20-10(12)17)8(9(15)16)13-6(14)5-7(13)21(11,18)19;/h2-3,7-8H,4-5H2,1H3,(H2,12,17)(H,15,16);/q;+1/p-1/b3-2+;/t7-,8+,11+;/m1./s1. The van der Waals surface area contributed by atoms with Crippen LogP contribution >= 0.6 is 0 Å². The van der Waals surface area contributed by atoms with Crippen molar-refractivity contribution < 1.29 is 62.2 Å². The van der Waals surface area contributed by atoms with Crippen molar-refractivity contribution in [3.63, 3.8) is 0 Å². The van der Waals surface area contributed by atoms with E-state index in [4.69, 9.17) is 5.73 Å². The molecule has 0 bridgehead atoms. The number of fused-ring (bicyclic) bond motifs is 1. The number of hydrogen-bond acceptors (Lipinski definition) is 7. The van der Waals surface area contributed by atoms with Gasteiger partial charge in [-0.3, -0.25) is 4.79 Å². The topological polar surface area (TPSA) is 147 Å². The molecule has 2 fully saturated rings. The number of rotatable bonds is 4. The number of primary amides is 1. The van der Waals surface area contributed by atoms with Crippen molar-refractivity contribution in [2.75, 3.05) is 6.61 Å². The van der Waals surface area contributed by atoms with E-state index in [1.807, 2.05) is 0 Å². The molecule has 0 unspecified atom stereocenters. The van der Waals surface area contributed by atoms with Crippen molar-refractivity contribution in [3.05, 3.63) is 12.2 Å². The molecule has 2 rings (SSSR count). The Labute approximate surface area is 148 Å². The van der Waals surface area contributed by atoms with Gasteiger partial charge in [-0.25, -0.2) is 13.2 Å². The molecule has 0 spiro atoms. The SMILES string of the molecule is C[C@]1(/C=C/COC(N)=O)[C@H](C(=O)[O-])N2C(=O)C[C@H]2S1(=O)=O.[Na+]. The summed E-state index contributed by atoms with van der Waals surface area (Å²) in [5, 5.41) is 10.1. The molecule has 0 radical (unpaired) electrons. The third kappa shape index (κ3) is 2.64. The molecule has 0 aliphatic carbocycles. The average molecular weight is 340 g/mol. The van der Waals surface area contributed by atoms with Gasteiger partial charge in [-0.05, 0) is 13.0 Å². The molecule has 2 aliphatic rings. The van der Waals surface area contributed by atoms with Crippen molar-refractivity contribution in [1.29, 1.82) is 0 Å². The normalized spacial score (nSPS) is 32.0. The van der Waals surface area contributed by atoms with Gasteiger partial charge in [0, 0.05) is 0 Å². The van der Waals surface area contributed by atoms with Crippen LogP contribution in [0.25, 0.3) is 0 Å². The molecule has 2 N–H and O–H groups in total. The number of β-lactam (4-membered cyclic amide) rings is 1. The quantitative estimate of drug-likeness (QED) is 0.305. The number of aliphatic carboxylic acids is 1. The second-order valence-electron chi connectivity index (χ2n) is 4.94. The van der Waals surface area contributed by atoms with Crippen molar-refractivity contribution in [2.45, 2.75) is 29.5 Å². The van der Waals surface area contributed by atoms with Crippen molar-refractivity contribution in [2.24, 2.45) is 5.73 Å². The van der Waals surface area contributed by atoms with Crippen LogP contribution in [0.2, 0.25) is 0 Å². The third-order valence-electron chi connectivity index (χ3n) is 3.73. The van der Waals surface area contributed by atoms with Crippen LogP contribution in [0.5, 0.6) is 0 Å². The minimum atomic E-state index is -3.93. The van der Waals surface area contributed by atoms with E-state index in [-0.39, 0.29) is 42.6 Å². The van der Waals surface area contributed by atoms with Crippen LogP contribution in [0.3, 0.4) is 0 Å². The summed E-state index contributed by atoms with van der Waals surface area (Å²) in [6.45, 7) is 0.883. The number of sulfone groups is 1. The first kappa shape index (κ1) is 18.9. The molecule has 3 atom stereocenters. The Kier molecular flexibility index (Phi) is 5.33. The molecule has 2 amide bonds. The molecule has 0 aromatic rings. The fourth-order valence-corrected chi connectivity index (χ4v) is 4.93. The summed E-state index contributed by atoms with van der Waals surface area (Å²) in [4.78, 5) is 34.0. The van der Waals surface area contributed by atoms with Crippen molar-refractivity contribution in [3.8, 4) is 0 Å². The fraction of sp³-hybridized carbons (Fsp3) is 0.545. The number of nitrogens with zero attached hydrogens (tertiary/aromatic N) is 1. The van der Waals surface area contributed by atoms with E-state index < -0.39 is 44.0 Å². The number of carboxylic acid groups (broad SMARTS) is 1. The monoisotopic (exact) mass is 340 g/mol. The molecule has 11 heteroatoms. The average Bonchev–Trinajstić information content (AvgIpc) is 2.49. The fourth-order valence-electron chi connectivity index (χ4n) is 2.64. The van der Waals surface area contributed by atoms with Crippen LogP contribution in [-0.2, 0) is 24.2 Å². The summed E-state index contributed by atoms with van der Waals surface area (Å²) >= 11 is 0. The molecule has 22 heavy (non-hydrogen) atoms. The van der Waals surface area contributed by atoms with E-state index in [0.717, 1.165) is 11.0 Å². The van der Waals surface area contributed by atoms with Gasteiger partial charge in [0.2, 0.25) is 5.91 Å². The summed E-state index contributed by atoms with van der Waals surface area (Å²) in [5.41, 5.74) is 4.75. The molecule has 0 aromatic heterocycles. The molecule has 0 saturated carbocycles. The Morgan fingerprint density at radius 1 is 1.55 bits per heavy atom. The first-order valence-corrected chi connectivity index (χ1v) is 7.53. The molecular formula is C11H13N2NaO7S. The second-order valence-corrected chi connectivity index (χ2v) is 7.46. The predicted molar refractivity (Wildman–Crippen MR) is 66.0 cm³/mol. The Morgan fingerprint density at radius 3 is 2.59 bits per heavy atom. The van der Waals surface area contributed by atoms with Crippen LogP contribution in [0.15, 0.2) is 12.2 Å². The van der Waals surface area contributed by atoms with Gasteiger partial charge < -0.3 is 25.3 Å². The third-order valence-corrected chi connectivity index (χ3v) is 6.43. The molecule has 2 aliphatic heterocycles. The summed E-state index contributed by atoms with van der Waals surface area (Å²) in [7, 11) is -3.93. The van der Waals surface area contributed by atoms with E-state index in [9.17, 15) is 27.9 Å². The maximum absolute atomic E-state index is 12.4. The Morgan fingerprint density at radius 2 is 2.14 bits per heavy atom. The first-order chi connectivity index (χ1) is 9.63. The number of ether oxygens (including phenoxy) is 1. The van der Waals surface area contributed by atoms with Gasteiger partial charge in [0.05, 0.1) is 18.4 Å². The van der Waals surface area contributed by atoms with E-state index in [1.165, 1.54) is 13.0 Å². The first-order valence-electron chi connectivity index (χ1n) is 5.98. The van der Waals surface area contributed by atoms with Gasteiger partial charge in [0.15, 0.2) is 9.84 Å². The van der Waals surface area contributed by atoms with Crippen LogP contribution in [0, 0.1) is 0 Å². The number of hydrogen-bond donors (Lipinski definition) is 1. The summed E-state index contributed by atoms with van der Waals surface area (Å²) in [5.74, 6) is -2.21. The molecule has 2 heterocycles. The zero-order valence-electron chi connectivity index (χ0n) is 12.0. The number of amides is 2. The van der Waals surface area contributed by atoms with Gasteiger partial charge in [-0.2, -0.15) is 0 Å². The smallest absolute Gasteiger partial charge is 0.548 e. The minimum Gasteiger partial charge on any atom is -0.548 e. The van der Waals surface area contributed by atoms with Crippen molar-refractivity contribution >= 4 is 27.8 Å². The number of nitrogens with two attached hydrogens (primary N) is 1. The van der Waals surface area contributed by atoms with Gasteiger partial charge in [-0.15, -0.1) is 0 Å². The predicted octanol–water partition coefficient (Wildman–Crippen LogP) is -5.49. The van der Waals surface area contributed by atoms with E-state index in [1.54, 1.807) is 0 Å². The Bertz CT molecular complexity index is 647. The maximum atomic E-state index is 12.4. The van der Waals surface area contributed by atoms with E-state index in [2.05, 4.69) is 4.74 Å². The molecule has 9 nitrogen and oxygen atoms in total. The van der Waals surface area contributed by atoms with Gasteiger partial charge in [-0.1, -0.05) is 6.08 Å². The van der Waals surface area contributed by atoms with Crippen LogP contribution in [-0.4, -0.2) is 54.1 Å². The number of carbonyl (C=O) groups excluding carboxylic acids is 3. The van der Waals surface area contributed by atoms with E-state index in [0.29, 0.717) is 0 Å². The molecule has 0 aromatic carbocycles. The molecule has 116 valence electrons. The summed E-state index contributed by atoms with van der Waals surface area (Å²) in [6, 6.07) is -1.61. The second kappa shape index (κ2) is 6.19. The largest absolute Gasteiger partial charge is 1.00 e.